The van der Waals surface area contributed by atoms with E-state index < -0.39 is 5.60 Å². The molecule has 0 aromatic heterocycles. The van der Waals surface area contributed by atoms with Crippen LogP contribution in [0, 0.1) is 0 Å². The Labute approximate surface area is 122 Å². The average molecular weight is 286 g/mol. The summed E-state index contributed by atoms with van der Waals surface area (Å²) in [7, 11) is 0. The number of piperidine rings is 1. The van der Waals surface area contributed by atoms with Crippen molar-refractivity contribution < 1.29 is 14.6 Å². The van der Waals surface area contributed by atoms with E-state index in [1.165, 1.54) is 0 Å². The Morgan fingerprint density at radius 3 is 2.75 bits per heavy atom. The monoisotopic (exact) mass is 286 g/mol. The summed E-state index contributed by atoms with van der Waals surface area (Å²) in [6.45, 7) is 9.31. The van der Waals surface area contributed by atoms with Gasteiger partial charge in [0.2, 0.25) is 0 Å². The van der Waals surface area contributed by atoms with Gasteiger partial charge in [-0.3, -0.25) is 0 Å². The number of likely N-dealkylation sites (tertiary alicyclic amines) is 1. The Bertz CT molecular complexity index is 302. The van der Waals surface area contributed by atoms with Crippen LogP contribution in [0.4, 0.5) is 4.79 Å². The molecule has 118 valence electrons. The Kier molecular flexibility index (Phi) is 6.76. The van der Waals surface area contributed by atoms with Gasteiger partial charge in [0.1, 0.15) is 5.60 Å². The summed E-state index contributed by atoms with van der Waals surface area (Å²) in [5.74, 6) is 0. The van der Waals surface area contributed by atoms with Crippen LogP contribution in [-0.2, 0) is 4.74 Å². The minimum atomic E-state index is -0.445. The van der Waals surface area contributed by atoms with Crippen molar-refractivity contribution in [2.45, 2.75) is 71.1 Å². The molecule has 0 bridgehead atoms. The van der Waals surface area contributed by atoms with Gasteiger partial charge in [-0.1, -0.05) is 0 Å². The molecule has 1 aliphatic rings. The summed E-state index contributed by atoms with van der Waals surface area (Å²) in [6.07, 6.45) is 3.95. The van der Waals surface area contributed by atoms with Crippen molar-refractivity contribution in [2.75, 3.05) is 19.7 Å². The molecule has 2 atom stereocenters. The van der Waals surface area contributed by atoms with Gasteiger partial charge in [0.05, 0.1) is 6.61 Å². The van der Waals surface area contributed by atoms with E-state index in [2.05, 4.69) is 12.2 Å². The largest absolute Gasteiger partial charge is 0.444 e. The van der Waals surface area contributed by atoms with Crippen LogP contribution in [0.25, 0.3) is 0 Å². The molecular weight excluding hydrogens is 256 g/mol. The third kappa shape index (κ3) is 6.09. The number of aliphatic hydroxyl groups is 1. The highest BCUT2D eigenvalue weighted by Gasteiger charge is 2.31. The normalized spacial score (nSPS) is 21.6. The van der Waals surface area contributed by atoms with Gasteiger partial charge in [0.15, 0.2) is 0 Å². The maximum absolute atomic E-state index is 12.3. The molecule has 0 aromatic carbocycles. The van der Waals surface area contributed by atoms with Crippen LogP contribution in [0.1, 0.15) is 53.4 Å². The second kappa shape index (κ2) is 7.84. The molecule has 5 heteroatoms. The van der Waals surface area contributed by atoms with Crippen molar-refractivity contribution in [1.29, 1.82) is 0 Å². The van der Waals surface area contributed by atoms with Crippen molar-refractivity contribution in [2.24, 2.45) is 0 Å². The van der Waals surface area contributed by atoms with Crippen molar-refractivity contribution >= 4 is 6.09 Å². The van der Waals surface area contributed by atoms with Gasteiger partial charge < -0.3 is 20.1 Å². The highest BCUT2D eigenvalue weighted by molar-refractivity contribution is 5.68. The molecule has 0 saturated carbocycles. The fourth-order valence-electron chi connectivity index (χ4n) is 2.61. The van der Waals surface area contributed by atoms with Gasteiger partial charge >= 0.3 is 6.09 Å². The van der Waals surface area contributed by atoms with Crippen LogP contribution < -0.4 is 5.32 Å². The van der Waals surface area contributed by atoms with Crippen LogP contribution in [0.15, 0.2) is 0 Å². The molecular formula is C15H30N2O3. The summed E-state index contributed by atoms with van der Waals surface area (Å²) >= 11 is 0. The quantitative estimate of drug-likeness (QED) is 0.813. The van der Waals surface area contributed by atoms with E-state index in [-0.39, 0.29) is 24.8 Å². The first-order valence-corrected chi connectivity index (χ1v) is 7.67. The second-order valence-electron chi connectivity index (χ2n) is 6.64. The third-order valence-corrected chi connectivity index (χ3v) is 3.49. The second-order valence-corrected chi connectivity index (χ2v) is 6.64. The van der Waals surface area contributed by atoms with Crippen molar-refractivity contribution in [3.63, 3.8) is 0 Å². The van der Waals surface area contributed by atoms with Gasteiger partial charge in [-0.15, -0.1) is 0 Å². The molecule has 2 N–H and O–H groups in total. The standard InChI is InChI=1S/C15H30N2O3/c1-12(16-8-10-18)11-13-7-5-6-9-17(13)14(19)20-15(2,3)4/h12-13,16,18H,5-11H2,1-4H3. The minimum Gasteiger partial charge on any atom is -0.444 e. The molecule has 1 saturated heterocycles. The molecule has 20 heavy (non-hydrogen) atoms. The molecule has 1 fully saturated rings. The van der Waals surface area contributed by atoms with E-state index in [0.717, 1.165) is 32.2 Å². The predicted molar refractivity (Wildman–Crippen MR) is 79.7 cm³/mol. The maximum atomic E-state index is 12.3. The van der Waals surface area contributed by atoms with Crippen LogP contribution in [-0.4, -0.2) is 53.5 Å². The third-order valence-electron chi connectivity index (χ3n) is 3.49. The smallest absolute Gasteiger partial charge is 0.410 e. The fourth-order valence-corrected chi connectivity index (χ4v) is 2.61. The number of hydrogen-bond donors (Lipinski definition) is 2. The lowest BCUT2D eigenvalue weighted by atomic mass is 9.97. The molecule has 5 nitrogen and oxygen atoms in total. The Balaban J connectivity index is 2.55. The van der Waals surface area contributed by atoms with Gasteiger partial charge in [-0.25, -0.2) is 4.79 Å². The van der Waals surface area contributed by atoms with E-state index in [0.29, 0.717) is 6.54 Å². The summed E-state index contributed by atoms with van der Waals surface area (Å²) in [5.41, 5.74) is -0.445. The molecule has 1 rings (SSSR count). The van der Waals surface area contributed by atoms with Gasteiger partial charge in [-0.2, -0.15) is 0 Å². The summed E-state index contributed by atoms with van der Waals surface area (Å²) in [4.78, 5) is 14.1. The number of hydrogen-bond acceptors (Lipinski definition) is 4. The molecule has 0 radical (unpaired) electrons. The van der Waals surface area contributed by atoms with E-state index in [1.54, 1.807) is 0 Å². The number of aliphatic hydroxyl groups excluding tert-OH is 1. The Morgan fingerprint density at radius 2 is 2.15 bits per heavy atom. The van der Waals surface area contributed by atoms with Crippen molar-refractivity contribution in [3.8, 4) is 0 Å². The zero-order chi connectivity index (χ0) is 15.2. The summed E-state index contributed by atoms with van der Waals surface area (Å²) < 4.78 is 5.50. The molecule has 0 aromatic rings. The minimum absolute atomic E-state index is 0.144. The first-order chi connectivity index (χ1) is 9.33. The van der Waals surface area contributed by atoms with Gasteiger partial charge in [-0.05, 0) is 53.4 Å². The number of rotatable bonds is 5. The lowest BCUT2D eigenvalue weighted by Crippen LogP contribution is -2.48. The van der Waals surface area contributed by atoms with E-state index in [1.807, 2.05) is 25.7 Å². The SMILES string of the molecule is CC(CC1CCCCN1C(=O)OC(C)(C)C)NCCO. The number of carbonyl (C=O) groups excluding carboxylic acids is 1. The number of nitrogens with zero attached hydrogens (tertiary/aromatic N) is 1. The highest BCUT2D eigenvalue weighted by atomic mass is 16.6. The zero-order valence-corrected chi connectivity index (χ0v) is 13.3. The summed E-state index contributed by atoms with van der Waals surface area (Å²) in [5, 5.41) is 12.1. The van der Waals surface area contributed by atoms with Crippen molar-refractivity contribution in [3.05, 3.63) is 0 Å². The summed E-state index contributed by atoms with van der Waals surface area (Å²) in [6, 6.07) is 0.523. The van der Waals surface area contributed by atoms with E-state index in [9.17, 15) is 4.79 Å². The Hall–Kier alpha value is -0.810. The fraction of sp³-hybridized carbons (Fsp3) is 0.933. The van der Waals surface area contributed by atoms with Crippen LogP contribution >= 0.6 is 0 Å². The topological polar surface area (TPSA) is 61.8 Å². The number of ether oxygens (including phenoxy) is 1. The van der Waals surface area contributed by atoms with Crippen LogP contribution in [0.3, 0.4) is 0 Å². The Morgan fingerprint density at radius 1 is 1.45 bits per heavy atom. The highest BCUT2D eigenvalue weighted by Crippen LogP contribution is 2.23. The first kappa shape index (κ1) is 17.2. The lowest BCUT2D eigenvalue weighted by Gasteiger charge is -2.38. The molecule has 1 aliphatic heterocycles. The molecule has 0 spiro atoms. The number of amides is 1. The molecule has 2 unspecified atom stereocenters. The van der Waals surface area contributed by atoms with Crippen molar-refractivity contribution in [1.82, 2.24) is 10.2 Å². The maximum Gasteiger partial charge on any atom is 0.410 e. The number of nitrogens with one attached hydrogen (secondary N) is 1. The van der Waals surface area contributed by atoms with Gasteiger partial charge in [0.25, 0.3) is 0 Å². The molecule has 0 aliphatic carbocycles. The van der Waals surface area contributed by atoms with E-state index >= 15 is 0 Å². The molecule has 1 amide bonds. The average Bonchev–Trinajstić information content (AvgIpc) is 2.35. The van der Waals surface area contributed by atoms with E-state index in [4.69, 9.17) is 9.84 Å². The van der Waals surface area contributed by atoms with Gasteiger partial charge in [0, 0.05) is 25.2 Å². The predicted octanol–water partition coefficient (Wildman–Crippen LogP) is 2.14. The lowest BCUT2D eigenvalue weighted by molar-refractivity contribution is 0.00786. The zero-order valence-electron chi connectivity index (χ0n) is 13.3. The number of carbonyl (C=O) groups is 1. The first-order valence-electron chi connectivity index (χ1n) is 7.67. The molecule has 1 heterocycles. The van der Waals surface area contributed by atoms with Crippen LogP contribution in [0.5, 0.6) is 0 Å². The van der Waals surface area contributed by atoms with Crippen LogP contribution in [0.2, 0.25) is 0 Å².